The van der Waals surface area contributed by atoms with Crippen molar-refractivity contribution < 1.29 is 52.2 Å². The molecule has 0 saturated heterocycles. The second-order valence-corrected chi connectivity index (χ2v) is 19.8. The maximum Gasteiger partial charge on any atom is 0.472 e. The van der Waals surface area contributed by atoms with Crippen LogP contribution in [0.15, 0.2) is 48.6 Å². The molecule has 0 rings (SSSR count). The summed E-state index contributed by atoms with van der Waals surface area (Å²) in [5.74, 6) is -1.48. The van der Waals surface area contributed by atoms with Gasteiger partial charge < -0.3 is 24.2 Å². The molecule has 0 aromatic heterocycles. The van der Waals surface area contributed by atoms with Gasteiger partial charge in [0.15, 0.2) is 6.10 Å². The number of carbonyl (C=O) groups excluding carboxylic acids is 3. The van der Waals surface area contributed by atoms with Crippen molar-refractivity contribution >= 4 is 25.7 Å². The Morgan fingerprint density at radius 3 is 1.18 bits per heavy atom. The van der Waals surface area contributed by atoms with E-state index in [0.29, 0.717) is 19.3 Å². The Balaban J connectivity index is 4.75. The number of ether oxygens (including phenoxy) is 3. The zero-order valence-corrected chi connectivity index (χ0v) is 44.5. The standard InChI is InChI=1S/C56H101O11P/c1-4-7-10-13-16-19-21-23-25-26-28-29-31-34-36-39-42-45-54(58)63-49-53(67-56(60)47-44-41-38-35-32-30-27-24-22-20-17-14-11-8-5-2)51-65-68(61,62)64-50-52(48-57)66-55(59)46-43-40-37-33-18-15-12-9-6-3/h7,10,16,19,23,25,28-29,52-53,57H,4-6,8-9,11-15,17-18,20-22,24,26-27,30-51H2,1-3H3,(H,61,62)/b10-7-,19-16-,25-23-,29-28-. The van der Waals surface area contributed by atoms with E-state index in [0.717, 1.165) is 89.9 Å². The number of aliphatic hydroxyl groups is 1. The van der Waals surface area contributed by atoms with Crippen LogP contribution in [-0.2, 0) is 42.2 Å². The lowest BCUT2D eigenvalue weighted by molar-refractivity contribution is -0.161. The molecule has 396 valence electrons. The molecule has 0 aromatic carbocycles. The highest BCUT2D eigenvalue weighted by molar-refractivity contribution is 7.47. The van der Waals surface area contributed by atoms with Gasteiger partial charge in [0.1, 0.15) is 12.7 Å². The SMILES string of the molecule is CC/C=C\C/C=C\C/C=C\C/C=C\CCCCCCC(=O)OCC(COP(=O)(O)OCC(CO)OC(=O)CCCCCCCCCCC)OC(=O)CCCCCCCCCCCCCCCCC. The predicted molar refractivity (Wildman–Crippen MR) is 279 cm³/mol. The van der Waals surface area contributed by atoms with E-state index >= 15 is 0 Å². The average Bonchev–Trinajstić information content (AvgIpc) is 3.32. The molecule has 0 amide bonds. The molecule has 0 fully saturated rings. The van der Waals surface area contributed by atoms with E-state index < -0.39 is 57.8 Å². The van der Waals surface area contributed by atoms with E-state index in [4.69, 9.17) is 23.3 Å². The summed E-state index contributed by atoms with van der Waals surface area (Å²) in [7, 11) is -4.74. The fourth-order valence-corrected chi connectivity index (χ4v) is 8.37. The van der Waals surface area contributed by atoms with Gasteiger partial charge in [-0.05, 0) is 57.8 Å². The van der Waals surface area contributed by atoms with Crippen molar-refractivity contribution in [3.8, 4) is 0 Å². The Morgan fingerprint density at radius 2 is 0.765 bits per heavy atom. The Morgan fingerprint density at radius 1 is 0.426 bits per heavy atom. The minimum atomic E-state index is -4.74. The molecular formula is C56H101O11P. The molecule has 0 heterocycles. The topological polar surface area (TPSA) is 155 Å². The van der Waals surface area contributed by atoms with Gasteiger partial charge in [0.2, 0.25) is 0 Å². The monoisotopic (exact) mass is 981 g/mol. The quantitative estimate of drug-likeness (QED) is 0.0197. The van der Waals surface area contributed by atoms with Gasteiger partial charge in [-0.15, -0.1) is 0 Å². The number of rotatable bonds is 51. The van der Waals surface area contributed by atoms with Crippen LogP contribution >= 0.6 is 7.82 Å². The van der Waals surface area contributed by atoms with Gasteiger partial charge in [-0.1, -0.05) is 223 Å². The minimum Gasteiger partial charge on any atom is -0.462 e. The normalized spacial score (nSPS) is 13.8. The van der Waals surface area contributed by atoms with E-state index in [1.807, 2.05) is 0 Å². The second-order valence-electron chi connectivity index (χ2n) is 18.4. The summed E-state index contributed by atoms with van der Waals surface area (Å²) in [6, 6.07) is 0. The van der Waals surface area contributed by atoms with Gasteiger partial charge in [-0.25, -0.2) is 4.57 Å². The molecule has 12 heteroatoms. The number of phosphoric acid groups is 1. The Kier molecular flexibility index (Phi) is 48.9. The molecule has 0 aliphatic carbocycles. The molecule has 11 nitrogen and oxygen atoms in total. The van der Waals surface area contributed by atoms with E-state index in [-0.39, 0.29) is 25.9 Å². The number of phosphoric ester groups is 1. The van der Waals surface area contributed by atoms with Crippen LogP contribution in [0, 0.1) is 0 Å². The van der Waals surface area contributed by atoms with Crippen molar-refractivity contribution in [1.29, 1.82) is 0 Å². The Hall–Kier alpha value is -2.56. The molecule has 0 bridgehead atoms. The fraction of sp³-hybridized carbons (Fsp3) is 0.804. The number of unbranched alkanes of at least 4 members (excludes halogenated alkanes) is 26. The summed E-state index contributed by atoms with van der Waals surface area (Å²) in [5.41, 5.74) is 0. The van der Waals surface area contributed by atoms with Crippen molar-refractivity contribution in [2.45, 2.75) is 264 Å². The molecule has 0 radical (unpaired) electrons. The van der Waals surface area contributed by atoms with E-state index in [1.165, 1.54) is 103 Å². The van der Waals surface area contributed by atoms with Crippen LogP contribution in [0.1, 0.15) is 252 Å². The van der Waals surface area contributed by atoms with Crippen molar-refractivity contribution in [2.75, 3.05) is 26.4 Å². The van der Waals surface area contributed by atoms with Crippen LogP contribution < -0.4 is 0 Å². The van der Waals surface area contributed by atoms with Gasteiger partial charge in [-0.2, -0.15) is 0 Å². The molecule has 3 atom stereocenters. The first-order valence-electron chi connectivity index (χ1n) is 27.5. The maximum atomic E-state index is 12.9. The van der Waals surface area contributed by atoms with Crippen molar-refractivity contribution in [3.05, 3.63) is 48.6 Å². The van der Waals surface area contributed by atoms with Crippen molar-refractivity contribution in [2.24, 2.45) is 0 Å². The number of aliphatic hydroxyl groups excluding tert-OH is 1. The highest BCUT2D eigenvalue weighted by atomic mass is 31.2. The molecule has 2 N–H and O–H groups in total. The Labute approximate surface area is 415 Å². The molecule has 0 aliphatic rings. The largest absolute Gasteiger partial charge is 0.472 e. The Bertz CT molecular complexity index is 1330. The number of allylic oxidation sites excluding steroid dienone is 8. The summed E-state index contributed by atoms with van der Waals surface area (Å²) in [4.78, 5) is 48.3. The van der Waals surface area contributed by atoms with Crippen LogP contribution in [0.25, 0.3) is 0 Å². The number of hydrogen-bond acceptors (Lipinski definition) is 10. The third kappa shape index (κ3) is 48.5. The molecule has 0 aromatic rings. The zero-order chi connectivity index (χ0) is 49.9. The zero-order valence-electron chi connectivity index (χ0n) is 43.6. The number of hydrogen-bond donors (Lipinski definition) is 2. The van der Waals surface area contributed by atoms with Crippen LogP contribution in [0.2, 0.25) is 0 Å². The lowest BCUT2D eigenvalue weighted by Gasteiger charge is -2.21. The van der Waals surface area contributed by atoms with E-state index in [2.05, 4.69) is 69.4 Å². The van der Waals surface area contributed by atoms with Gasteiger partial charge in [0, 0.05) is 19.3 Å². The molecule has 0 spiro atoms. The summed E-state index contributed by atoms with van der Waals surface area (Å²) < 4.78 is 39.4. The van der Waals surface area contributed by atoms with Gasteiger partial charge in [-0.3, -0.25) is 23.4 Å². The molecular weight excluding hydrogens is 880 g/mol. The first-order valence-corrected chi connectivity index (χ1v) is 29.0. The van der Waals surface area contributed by atoms with Crippen LogP contribution in [0.4, 0.5) is 0 Å². The lowest BCUT2D eigenvalue weighted by Crippen LogP contribution is -2.30. The predicted octanol–water partition coefficient (Wildman–Crippen LogP) is 15.8. The molecule has 68 heavy (non-hydrogen) atoms. The number of esters is 3. The van der Waals surface area contributed by atoms with Crippen LogP contribution in [0.3, 0.4) is 0 Å². The van der Waals surface area contributed by atoms with Crippen LogP contribution in [0.5, 0.6) is 0 Å². The molecule has 0 saturated carbocycles. The summed E-state index contributed by atoms with van der Waals surface area (Å²) in [5, 5.41) is 9.76. The minimum absolute atomic E-state index is 0.166. The highest BCUT2D eigenvalue weighted by Gasteiger charge is 2.28. The first kappa shape index (κ1) is 65.4. The third-order valence-electron chi connectivity index (χ3n) is 11.8. The highest BCUT2D eigenvalue weighted by Crippen LogP contribution is 2.43. The molecule has 3 unspecified atom stereocenters. The van der Waals surface area contributed by atoms with Gasteiger partial charge >= 0.3 is 25.7 Å². The maximum absolute atomic E-state index is 12.9. The van der Waals surface area contributed by atoms with Crippen molar-refractivity contribution in [1.82, 2.24) is 0 Å². The number of carbonyl (C=O) groups is 3. The summed E-state index contributed by atoms with van der Waals surface area (Å²) in [6.07, 6.45) is 52.2. The average molecular weight is 981 g/mol. The summed E-state index contributed by atoms with van der Waals surface area (Å²) >= 11 is 0. The summed E-state index contributed by atoms with van der Waals surface area (Å²) in [6.45, 7) is 4.50. The van der Waals surface area contributed by atoms with Crippen molar-refractivity contribution in [3.63, 3.8) is 0 Å². The first-order chi connectivity index (χ1) is 33.2. The van der Waals surface area contributed by atoms with Gasteiger partial charge in [0.25, 0.3) is 0 Å². The molecule has 0 aliphatic heterocycles. The smallest absolute Gasteiger partial charge is 0.462 e. The van der Waals surface area contributed by atoms with E-state index in [9.17, 15) is 28.9 Å². The lowest BCUT2D eigenvalue weighted by atomic mass is 10.0. The fourth-order valence-electron chi connectivity index (χ4n) is 7.58. The van der Waals surface area contributed by atoms with Gasteiger partial charge in [0.05, 0.1) is 19.8 Å². The van der Waals surface area contributed by atoms with Crippen LogP contribution in [-0.4, -0.2) is 66.5 Å². The third-order valence-corrected chi connectivity index (χ3v) is 12.7. The van der Waals surface area contributed by atoms with E-state index in [1.54, 1.807) is 0 Å². The second kappa shape index (κ2) is 50.8.